The molecule has 3 rings (SSSR count). The number of carbonyl (C=O) groups is 1. The summed E-state index contributed by atoms with van der Waals surface area (Å²) in [5, 5.41) is 2.93. The highest BCUT2D eigenvalue weighted by Gasteiger charge is 2.21. The van der Waals surface area contributed by atoms with Crippen molar-refractivity contribution >= 4 is 11.6 Å². The summed E-state index contributed by atoms with van der Waals surface area (Å²) in [6.45, 7) is 7.76. The average Bonchev–Trinajstić information content (AvgIpc) is 2.91. The molecule has 0 bridgehead atoms. The lowest BCUT2D eigenvalue weighted by Crippen LogP contribution is -2.40. The number of fused-ring (bicyclic) bond motifs is 1. The van der Waals surface area contributed by atoms with E-state index in [1.54, 1.807) is 18.7 Å². The molecule has 0 saturated carbocycles. The minimum absolute atomic E-state index is 0.227. The topological polar surface area (TPSA) is 72.2 Å². The Balaban J connectivity index is 2.12. The molecule has 6 nitrogen and oxygen atoms in total. The van der Waals surface area contributed by atoms with Crippen molar-refractivity contribution in [2.75, 3.05) is 0 Å². The molecule has 0 aliphatic rings. The van der Waals surface area contributed by atoms with Crippen molar-refractivity contribution in [2.45, 2.75) is 33.2 Å². The number of aryl methyl sites for hydroxylation is 1. The van der Waals surface area contributed by atoms with Gasteiger partial charge in [0, 0.05) is 29.2 Å². The molecule has 0 spiro atoms. The Morgan fingerprint density at radius 2 is 2.09 bits per heavy atom. The maximum Gasteiger partial charge on any atom is 0.274 e. The van der Waals surface area contributed by atoms with Crippen molar-refractivity contribution in [1.29, 1.82) is 0 Å². The van der Waals surface area contributed by atoms with Crippen LogP contribution < -0.4 is 5.32 Å². The summed E-state index contributed by atoms with van der Waals surface area (Å²) in [6, 6.07) is 5.76. The summed E-state index contributed by atoms with van der Waals surface area (Å²) >= 11 is 0. The molecule has 1 amide bonds. The SMILES string of the molecule is Cc1cc(-c2cccnc2)nc2c(C(=O)NC(C)(C)C)ncn12. The van der Waals surface area contributed by atoms with Crippen LogP contribution in [0.1, 0.15) is 37.0 Å². The van der Waals surface area contributed by atoms with Crippen molar-refractivity contribution in [1.82, 2.24) is 24.7 Å². The second-order valence-corrected chi connectivity index (χ2v) is 6.52. The predicted octanol–water partition coefficient (Wildman–Crippen LogP) is 2.63. The zero-order valence-corrected chi connectivity index (χ0v) is 13.7. The molecule has 23 heavy (non-hydrogen) atoms. The van der Waals surface area contributed by atoms with Crippen LogP contribution in [0.3, 0.4) is 0 Å². The minimum Gasteiger partial charge on any atom is -0.346 e. The third-order valence-corrected chi connectivity index (χ3v) is 3.36. The van der Waals surface area contributed by atoms with Gasteiger partial charge in [-0.25, -0.2) is 9.97 Å². The number of nitrogens with zero attached hydrogens (tertiary/aromatic N) is 4. The molecule has 0 aromatic carbocycles. The van der Waals surface area contributed by atoms with Gasteiger partial charge in [0.05, 0.1) is 5.69 Å². The van der Waals surface area contributed by atoms with Crippen LogP contribution in [0.2, 0.25) is 0 Å². The van der Waals surface area contributed by atoms with Gasteiger partial charge in [0.1, 0.15) is 6.33 Å². The molecule has 1 N–H and O–H groups in total. The molecule has 0 atom stereocenters. The van der Waals surface area contributed by atoms with Crippen LogP contribution in [0.5, 0.6) is 0 Å². The summed E-state index contributed by atoms with van der Waals surface area (Å²) < 4.78 is 1.82. The monoisotopic (exact) mass is 309 g/mol. The number of amides is 1. The standard InChI is InChI=1S/C17H19N5O/c1-11-8-13(12-6-5-7-18-9-12)20-15-14(19-10-22(11)15)16(23)21-17(2,3)4/h5-10H,1-4H3,(H,21,23). The molecule has 6 heteroatoms. The number of carbonyl (C=O) groups excluding carboxylic acids is 1. The van der Waals surface area contributed by atoms with Gasteiger partial charge in [-0.05, 0) is 45.9 Å². The Morgan fingerprint density at radius 3 is 2.74 bits per heavy atom. The molecule has 3 aromatic heterocycles. The number of hydrogen-bond donors (Lipinski definition) is 1. The van der Waals surface area contributed by atoms with Gasteiger partial charge < -0.3 is 5.32 Å². The fourth-order valence-corrected chi connectivity index (χ4v) is 2.34. The molecule has 3 heterocycles. The van der Waals surface area contributed by atoms with Gasteiger partial charge >= 0.3 is 0 Å². The van der Waals surface area contributed by atoms with Gasteiger partial charge in [0.15, 0.2) is 11.3 Å². The molecule has 0 radical (unpaired) electrons. The highest BCUT2D eigenvalue weighted by Crippen LogP contribution is 2.20. The molecule has 0 saturated heterocycles. The Bertz CT molecular complexity index is 862. The number of hydrogen-bond acceptors (Lipinski definition) is 4. The Labute approximate surface area is 134 Å². The van der Waals surface area contributed by atoms with Gasteiger partial charge in [-0.15, -0.1) is 0 Å². The third kappa shape index (κ3) is 3.06. The van der Waals surface area contributed by atoms with E-state index < -0.39 is 0 Å². The fourth-order valence-electron chi connectivity index (χ4n) is 2.34. The van der Waals surface area contributed by atoms with E-state index >= 15 is 0 Å². The van der Waals surface area contributed by atoms with Crippen molar-refractivity contribution in [3.05, 3.63) is 48.3 Å². The van der Waals surface area contributed by atoms with Crippen LogP contribution in [0.4, 0.5) is 0 Å². The fraction of sp³-hybridized carbons (Fsp3) is 0.294. The molecule has 0 fully saturated rings. The highest BCUT2D eigenvalue weighted by atomic mass is 16.2. The van der Waals surface area contributed by atoms with Crippen LogP contribution in [-0.2, 0) is 0 Å². The average molecular weight is 309 g/mol. The lowest BCUT2D eigenvalue weighted by molar-refractivity contribution is 0.0916. The first kappa shape index (κ1) is 15.1. The van der Waals surface area contributed by atoms with Crippen LogP contribution in [0.25, 0.3) is 16.9 Å². The van der Waals surface area contributed by atoms with E-state index in [0.29, 0.717) is 11.3 Å². The van der Waals surface area contributed by atoms with Gasteiger partial charge in [-0.2, -0.15) is 0 Å². The summed E-state index contributed by atoms with van der Waals surface area (Å²) in [7, 11) is 0. The maximum atomic E-state index is 12.5. The second-order valence-electron chi connectivity index (χ2n) is 6.52. The minimum atomic E-state index is -0.330. The van der Waals surface area contributed by atoms with E-state index in [1.165, 1.54) is 0 Å². The zero-order chi connectivity index (χ0) is 16.6. The maximum absolute atomic E-state index is 12.5. The van der Waals surface area contributed by atoms with E-state index in [4.69, 9.17) is 0 Å². The summed E-state index contributed by atoms with van der Waals surface area (Å²) in [5.74, 6) is -0.227. The van der Waals surface area contributed by atoms with Gasteiger partial charge in [-0.3, -0.25) is 14.2 Å². The highest BCUT2D eigenvalue weighted by molar-refractivity contribution is 5.98. The summed E-state index contributed by atoms with van der Waals surface area (Å²) in [6.07, 6.45) is 5.10. The normalized spacial score (nSPS) is 11.7. The van der Waals surface area contributed by atoms with Crippen molar-refractivity contribution in [3.8, 4) is 11.3 Å². The van der Waals surface area contributed by atoms with Gasteiger partial charge in [-0.1, -0.05) is 0 Å². The Morgan fingerprint density at radius 1 is 1.30 bits per heavy atom. The summed E-state index contributed by atoms with van der Waals surface area (Å²) in [4.78, 5) is 25.4. The number of rotatable bonds is 2. The van der Waals surface area contributed by atoms with Crippen molar-refractivity contribution in [3.63, 3.8) is 0 Å². The van der Waals surface area contributed by atoms with Crippen molar-refractivity contribution < 1.29 is 4.79 Å². The quantitative estimate of drug-likeness (QED) is 0.790. The largest absolute Gasteiger partial charge is 0.346 e. The summed E-state index contributed by atoms with van der Waals surface area (Å²) in [5.41, 5.74) is 3.17. The third-order valence-electron chi connectivity index (χ3n) is 3.36. The predicted molar refractivity (Wildman–Crippen MR) is 88.2 cm³/mol. The van der Waals surface area contributed by atoms with E-state index in [9.17, 15) is 4.79 Å². The van der Waals surface area contributed by atoms with Crippen molar-refractivity contribution in [2.24, 2.45) is 0 Å². The van der Waals surface area contributed by atoms with E-state index in [2.05, 4.69) is 20.3 Å². The van der Waals surface area contributed by atoms with Gasteiger partial charge in [0.2, 0.25) is 0 Å². The van der Waals surface area contributed by atoms with Gasteiger partial charge in [0.25, 0.3) is 5.91 Å². The smallest absolute Gasteiger partial charge is 0.274 e. The van der Waals surface area contributed by atoms with Crippen LogP contribution >= 0.6 is 0 Å². The number of nitrogens with one attached hydrogen (secondary N) is 1. The van der Waals surface area contributed by atoms with E-state index in [0.717, 1.165) is 17.0 Å². The molecule has 3 aromatic rings. The molecular formula is C17H19N5O. The number of pyridine rings is 1. The molecule has 0 aliphatic carbocycles. The van der Waals surface area contributed by atoms with Crippen LogP contribution in [0, 0.1) is 6.92 Å². The number of aromatic nitrogens is 4. The molecule has 0 aliphatic heterocycles. The first-order valence-electron chi connectivity index (χ1n) is 7.43. The first-order chi connectivity index (χ1) is 10.8. The second kappa shape index (κ2) is 5.46. The lowest BCUT2D eigenvalue weighted by Gasteiger charge is -2.19. The zero-order valence-electron chi connectivity index (χ0n) is 13.7. The lowest BCUT2D eigenvalue weighted by atomic mass is 10.1. The first-order valence-corrected chi connectivity index (χ1v) is 7.43. The Kier molecular flexibility index (Phi) is 3.60. The van der Waals surface area contributed by atoms with E-state index in [1.807, 2.05) is 50.3 Å². The molecular weight excluding hydrogens is 290 g/mol. The van der Waals surface area contributed by atoms with E-state index in [-0.39, 0.29) is 11.4 Å². The number of imidazole rings is 1. The van der Waals surface area contributed by atoms with Crippen LogP contribution in [0.15, 0.2) is 36.9 Å². The molecule has 0 unspecified atom stereocenters. The Hall–Kier alpha value is -2.76. The van der Waals surface area contributed by atoms with Crippen LogP contribution in [-0.4, -0.2) is 30.8 Å². The molecule has 118 valence electrons.